The van der Waals surface area contributed by atoms with Gasteiger partial charge >= 0.3 is 12.3 Å². The molecule has 1 aromatic carbocycles. The number of fused-ring (bicyclic) bond motifs is 2. The first kappa shape index (κ1) is 30.1. The van der Waals surface area contributed by atoms with Gasteiger partial charge in [-0.3, -0.25) is 9.69 Å². The lowest BCUT2D eigenvalue weighted by molar-refractivity contribution is -0.138. The highest BCUT2D eigenvalue weighted by Gasteiger charge is 2.60. The van der Waals surface area contributed by atoms with Crippen LogP contribution in [0.4, 0.5) is 29.3 Å². The van der Waals surface area contributed by atoms with E-state index in [4.69, 9.17) is 22.2 Å². The number of nitrogens with zero attached hydrogens (tertiary/aromatic N) is 5. The number of carbonyl (C=O) groups excluding carboxylic acids is 1. The quantitative estimate of drug-likeness (QED) is 0.357. The first-order chi connectivity index (χ1) is 21.0. The van der Waals surface area contributed by atoms with Crippen molar-refractivity contribution in [1.29, 1.82) is 5.26 Å². The van der Waals surface area contributed by atoms with Crippen LogP contribution in [0.25, 0.3) is 0 Å². The largest absolute Gasteiger partial charge is 0.493 e. The van der Waals surface area contributed by atoms with Crippen LogP contribution in [0.3, 0.4) is 0 Å². The Balaban J connectivity index is 1.20. The standard InChI is InChI=1S/C31H32F3N5O4S/c1-2-19-14-22(6-7-26(19)43-11-8-18-12-20-4-5-21(13-18)37(20)29(41)42)39-28(44)38(27(40)30(39)9-3-10-30)23-15-24(31(32,33)34)25(16-35)36-17-23/h6-7,14-15,17-18,20-21H,2-5,8-13H2,1H3,(H,41,42)/t18-,20-,21+. The van der Waals surface area contributed by atoms with Crippen LogP contribution in [-0.4, -0.2) is 56.3 Å². The van der Waals surface area contributed by atoms with E-state index in [0.717, 1.165) is 61.3 Å². The summed E-state index contributed by atoms with van der Waals surface area (Å²) < 4.78 is 47.3. The summed E-state index contributed by atoms with van der Waals surface area (Å²) in [5, 5.41) is 18.7. The Morgan fingerprint density at radius 1 is 1.20 bits per heavy atom. The topological polar surface area (TPSA) is 110 Å². The second-order valence-electron chi connectivity index (χ2n) is 12.0. The van der Waals surface area contributed by atoms with E-state index in [9.17, 15) is 27.9 Å². The molecule has 1 aliphatic carbocycles. The molecule has 0 radical (unpaired) electrons. The average molecular weight is 628 g/mol. The number of aryl methyl sites for hydroxylation is 1. The molecule has 1 saturated carbocycles. The first-order valence-corrected chi connectivity index (χ1v) is 15.3. The highest BCUT2D eigenvalue weighted by molar-refractivity contribution is 7.81. The van der Waals surface area contributed by atoms with Gasteiger partial charge in [0, 0.05) is 17.8 Å². The van der Waals surface area contributed by atoms with E-state index in [2.05, 4.69) is 4.98 Å². The number of rotatable bonds is 7. The molecule has 3 aliphatic heterocycles. The van der Waals surface area contributed by atoms with Gasteiger partial charge in [0.15, 0.2) is 10.8 Å². The van der Waals surface area contributed by atoms with Gasteiger partial charge in [0.1, 0.15) is 17.4 Å². The number of piperidine rings is 1. The lowest BCUT2D eigenvalue weighted by Gasteiger charge is -2.43. The normalized spacial score (nSPS) is 24.1. The van der Waals surface area contributed by atoms with Gasteiger partial charge in [-0.1, -0.05) is 6.92 Å². The molecule has 13 heteroatoms. The number of thiocarbonyl (C=S) groups is 1. The van der Waals surface area contributed by atoms with Gasteiger partial charge in [0.2, 0.25) is 0 Å². The number of nitriles is 1. The van der Waals surface area contributed by atoms with E-state index in [1.165, 1.54) is 6.07 Å². The maximum Gasteiger partial charge on any atom is 0.419 e. The maximum absolute atomic E-state index is 13.8. The Morgan fingerprint density at radius 2 is 1.91 bits per heavy atom. The van der Waals surface area contributed by atoms with Crippen LogP contribution < -0.4 is 14.5 Å². The van der Waals surface area contributed by atoms with Crippen molar-refractivity contribution < 1.29 is 32.6 Å². The van der Waals surface area contributed by atoms with Crippen molar-refractivity contribution in [2.75, 3.05) is 16.4 Å². The van der Waals surface area contributed by atoms with Crippen molar-refractivity contribution in [1.82, 2.24) is 9.88 Å². The first-order valence-electron chi connectivity index (χ1n) is 14.9. The highest BCUT2D eigenvalue weighted by Crippen LogP contribution is 2.49. The molecule has 1 spiro atoms. The Bertz CT molecular complexity index is 1540. The summed E-state index contributed by atoms with van der Waals surface area (Å²) in [4.78, 5) is 33.6. The number of carboxylic acid groups (broad SMARTS) is 1. The summed E-state index contributed by atoms with van der Waals surface area (Å²) in [5.74, 6) is 0.707. The third-order valence-electron chi connectivity index (χ3n) is 9.65. The summed E-state index contributed by atoms with van der Waals surface area (Å²) in [6.45, 7) is 2.49. The third-order valence-corrected chi connectivity index (χ3v) is 10.0. The van der Waals surface area contributed by atoms with Crippen LogP contribution in [0.15, 0.2) is 30.5 Å². The number of alkyl halides is 3. The number of benzene rings is 1. The number of hydrogen-bond donors (Lipinski definition) is 1. The Labute approximate surface area is 258 Å². The highest BCUT2D eigenvalue weighted by atomic mass is 32.1. The van der Waals surface area contributed by atoms with E-state index in [1.807, 2.05) is 25.1 Å². The monoisotopic (exact) mass is 627 g/mol. The van der Waals surface area contributed by atoms with Gasteiger partial charge in [-0.2, -0.15) is 18.4 Å². The zero-order valence-electron chi connectivity index (χ0n) is 24.1. The number of aromatic nitrogens is 1. The SMILES string of the molecule is CCc1cc(N2C(=S)N(c3cnc(C#N)c(C(F)(F)F)c3)C(=O)C23CCC3)ccc1OCC[C@@H]1C[C@H]2CC[C@@H](C1)N2C(=O)O. The fourth-order valence-electron chi connectivity index (χ4n) is 7.38. The molecule has 4 aliphatic rings. The molecule has 3 atom stereocenters. The molecule has 44 heavy (non-hydrogen) atoms. The zero-order valence-corrected chi connectivity index (χ0v) is 25.0. The van der Waals surface area contributed by atoms with E-state index < -0.39 is 35.0 Å². The van der Waals surface area contributed by atoms with E-state index >= 15 is 0 Å². The van der Waals surface area contributed by atoms with Gasteiger partial charge in [-0.25, -0.2) is 9.78 Å². The predicted octanol–water partition coefficient (Wildman–Crippen LogP) is 6.29. The molecule has 0 unspecified atom stereocenters. The molecule has 4 heterocycles. The lowest BCUT2D eigenvalue weighted by Crippen LogP contribution is -2.55. The minimum atomic E-state index is -4.83. The van der Waals surface area contributed by atoms with E-state index in [1.54, 1.807) is 9.80 Å². The molecule has 1 aromatic heterocycles. The molecule has 6 rings (SSSR count). The minimum Gasteiger partial charge on any atom is -0.493 e. The molecule has 2 aromatic rings. The summed E-state index contributed by atoms with van der Waals surface area (Å²) >= 11 is 5.74. The number of hydrogen-bond acceptors (Lipinski definition) is 6. The van der Waals surface area contributed by atoms with Crippen molar-refractivity contribution >= 4 is 40.7 Å². The minimum absolute atomic E-state index is 0.0624. The molecular formula is C31H32F3N5O4S. The van der Waals surface area contributed by atoms with Crippen LogP contribution in [0.5, 0.6) is 5.75 Å². The van der Waals surface area contributed by atoms with Crippen LogP contribution in [0.1, 0.15) is 75.1 Å². The predicted molar refractivity (Wildman–Crippen MR) is 158 cm³/mol. The number of halogens is 3. The smallest absolute Gasteiger partial charge is 0.419 e. The van der Waals surface area contributed by atoms with Crippen LogP contribution in [-0.2, 0) is 17.4 Å². The number of anilines is 2. The zero-order chi connectivity index (χ0) is 31.4. The number of carbonyl (C=O) groups is 2. The van der Waals surface area contributed by atoms with Crippen molar-refractivity contribution in [3.63, 3.8) is 0 Å². The van der Waals surface area contributed by atoms with Crippen molar-refractivity contribution in [2.45, 2.75) is 88.5 Å². The molecule has 2 amide bonds. The molecule has 3 saturated heterocycles. The average Bonchev–Trinajstić information content (AvgIpc) is 3.38. The van der Waals surface area contributed by atoms with Gasteiger partial charge in [-0.15, -0.1) is 0 Å². The molecule has 9 nitrogen and oxygen atoms in total. The fraction of sp³-hybridized carbons (Fsp3) is 0.516. The van der Waals surface area contributed by atoms with Gasteiger partial charge in [0.25, 0.3) is 5.91 Å². The van der Waals surface area contributed by atoms with Gasteiger partial charge in [0.05, 0.1) is 24.1 Å². The third kappa shape index (κ3) is 4.93. The summed E-state index contributed by atoms with van der Waals surface area (Å²) in [5.41, 5.74) is -1.55. The number of pyridine rings is 1. The molecule has 232 valence electrons. The second kappa shape index (κ2) is 11.2. The van der Waals surface area contributed by atoms with E-state index in [-0.39, 0.29) is 22.9 Å². The Kier molecular flexibility index (Phi) is 7.68. The van der Waals surface area contributed by atoms with Crippen LogP contribution >= 0.6 is 12.2 Å². The van der Waals surface area contributed by atoms with E-state index in [0.29, 0.717) is 43.2 Å². The van der Waals surface area contributed by atoms with Gasteiger partial charge in [-0.05, 0) is 106 Å². The summed E-state index contributed by atoms with van der Waals surface area (Å²) in [6, 6.07) is 7.99. The van der Waals surface area contributed by atoms with Crippen molar-refractivity contribution in [2.24, 2.45) is 5.92 Å². The Morgan fingerprint density at radius 3 is 2.48 bits per heavy atom. The molecule has 1 N–H and O–H groups in total. The molecule has 4 fully saturated rings. The number of amides is 2. The van der Waals surface area contributed by atoms with Crippen molar-refractivity contribution in [3.8, 4) is 11.8 Å². The summed E-state index contributed by atoms with van der Waals surface area (Å²) in [7, 11) is 0. The van der Waals surface area contributed by atoms with Crippen LogP contribution in [0, 0.1) is 17.2 Å². The summed E-state index contributed by atoms with van der Waals surface area (Å²) in [6.07, 6.45) is 2.21. The fourth-order valence-corrected chi connectivity index (χ4v) is 7.85. The molecule has 2 bridgehead atoms. The molecular weight excluding hydrogens is 595 g/mol. The van der Waals surface area contributed by atoms with Crippen molar-refractivity contribution in [3.05, 3.63) is 47.3 Å². The Hall–Kier alpha value is -3.92. The number of ether oxygens (including phenoxy) is 1. The maximum atomic E-state index is 13.8. The second-order valence-corrected chi connectivity index (χ2v) is 12.4. The van der Waals surface area contributed by atoms with Gasteiger partial charge < -0.3 is 19.6 Å². The lowest BCUT2D eigenvalue weighted by atomic mass is 9.75. The van der Waals surface area contributed by atoms with Crippen LogP contribution in [0.2, 0.25) is 0 Å².